The predicted octanol–water partition coefficient (Wildman–Crippen LogP) is 4.73. The monoisotopic (exact) mass is 474 g/mol. The van der Waals surface area contributed by atoms with Gasteiger partial charge in [-0.1, -0.05) is 12.1 Å². The summed E-state index contributed by atoms with van der Waals surface area (Å²) in [5.41, 5.74) is 0.249. The van der Waals surface area contributed by atoms with Crippen LogP contribution < -0.4 is 5.32 Å². The second kappa shape index (κ2) is 8.99. The maximum Gasteiger partial charge on any atom is 0.416 e. The summed E-state index contributed by atoms with van der Waals surface area (Å²) in [6.07, 6.45) is -3.15. The molecule has 0 bridgehead atoms. The highest BCUT2D eigenvalue weighted by molar-refractivity contribution is 5.77. The minimum absolute atomic E-state index is 0.0593. The van der Waals surface area contributed by atoms with Gasteiger partial charge in [-0.15, -0.1) is 10.2 Å². The van der Waals surface area contributed by atoms with Crippen molar-refractivity contribution in [2.45, 2.75) is 57.5 Å². The molecule has 1 fully saturated rings. The first-order valence-electron chi connectivity index (χ1n) is 11.2. The van der Waals surface area contributed by atoms with Crippen molar-refractivity contribution in [3.05, 3.63) is 54.1 Å². The molecule has 4 rings (SSSR count). The number of halogens is 3. The van der Waals surface area contributed by atoms with Crippen molar-refractivity contribution in [1.82, 2.24) is 25.1 Å². The van der Waals surface area contributed by atoms with Crippen LogP contribution in [0.5, 0.6) is 0 Å². The number of nitrogens with one attached hydrogen (secondary N) is 1. The zero-order valence-corrected chi connectivity index (χ0v) is 19.5. The van der Waals surface area contributed by atoms with Crippen molar-refractivity contribution in [3.8, 4) is 11.4 Å². The average molecular weight is 475 g/mol. The van der Waals surface area contributed by atoms with Crippen LogP contribution in [-0.4, -0.2) is 54.4 Å². The van der Waals surface area contributed by atoms with Gasteiger partial charge in [0, 0.05) is 35.6 Å². The lowest BCUT2D eigenvalue weighted by molar-refractivity contribution is -0.137. The summed E-state index contributed by atoms with van der Waals surface area (Å²) < 4.78 is 38.5. The SMILES string of the molecule is CC(C)(C)N1CCC(O)(Cn2nnc(-c3ccccc3Nc3ccc(C(F)(F)F)cc3)n2)CC1. The van der Waals surface area contributed by atoms with E-state index < -0.39 is 17.3 Å². The molecule has 2 N–H and O–H groups in total. The molecular formula is C24H29F3N6O. The van der Waals surface area contributed by atoms with Crippen LogP contribution in [0.3, 0.4) is 0 Å². The molecule has 0 radical (unpaired) electrons. The fourth-order valence-electron chi connectivity index (χ4n) is 4.12. The number of likely N-dealkylation sites (tertiary alicyclic amines) is 1. The highest BCUT2D eigenvalue weighted by Crippen LogP contribution is 2.32. The van der Waals surface area contributed by atoms with Gasteiger partial charge in [-0.05, 0) is 75.2 Å². The summed E-state index contributed by atoms with van der Waals surface area (Å²) in [5, 5.41) is 27.0. The summed E-state index contributed by atoms with van der Waals surface area (Å²) in [4.78, 5) is 3.77. The zero-order valence-electron chi connectivity index (χ0n) is 19.5. The van der Waals surface area contributed by atoms with Crippen molar-refractivity contribution >= 4 is 11.4 Å². The van der Waals surface area contributed by atoms with Crippen LogP contribution in [0, 0.1) is 0 Å². The number of para-hydroxylation sites is 1. The molecule has 2 aromatic carbocycles. The zero-order chi connectivity index (χ0) is 24.6. The third-order valence-corrected chi connectivity index (χ3v) is 6.19. The van der Waals surface area contributed by atoms with E-state index >= 15 is 0 Å². The number of aromatic nitrogens is 4. The van der Waals surface area contributed by atoms with Crippen LogP contribution in [-0.2, 0) is 12.7 Å². The summed E-state index contributed by atoms with van der Waals surface area (Å²) in [7, 11) is 0. The summed E-state index contributed by atoms with van der Waals surface area (Å²) in [6, 6.07) is 12.1. The normalized spacial score (nSPS) is 17.0. The third-order valence-electron chi connectivity index (χ3n) is 6.19. The van der Waals surface area contributed by atoms with E-state index in [0.29, 0.717) is 35.6 Å². The lowest BCUT2D eigenvalue weighted by atomic mass is 9.89. The van der Waals surface area contributed by atoms with Gasteiger partial charge < -0.3 is 10.4 Å². The van der Waals surface area contributed by atoms with Crippen LogP contribution in [0.15, 0.2) is 48.5 Å². The van der Waals surface area contributed by atoms with Gasteiger partial charge in [0.15, 0.2) is 0 Å². The first kappa shape index (κ1) is 24.2. The smallest absolute Gasteiger partial charge is 0.388 e. The molecule has 3 aromatic rings. The Kier molecular flexibility index (Phi) is 6.39. The van der Waals surface area contributed by atoms with E-state index in [4.69, 9.17) is 0 Å². The van der Waals surface area contributed by atoms with Crippen molar-refractivity contribution in [3.63, 3.8) is 0 Å². The number of nitrogens with zero attached hydrogens (tertiary/aromatic N) is 5. The fourth-order valence-corrected chi connectivity index (χ4v) is 4.12. The largest absolute Gasteiger partial charge is 0.416 e. The lowest BCUT2D eigenvalue weighted by Gasteiger charge is -2.44. The van der Waals surface area contributed by atoms with Gasteiger partial charge in [-0.25, -0.2) is 0 Å². The van der Waals surface area contributed by atoms with Crippen molar-refractivity contribution in [2.75, 3.05) is 18.4 Å². The molecule has 0 spiro atoms. The molecule has 10 heteroatoms. The number of hydrogen-bond acceptors (Lipinski definition) is 6. The van der Waals surface area contributed by atoms with Gasteiger partial charge in [-0.2, -0.15) is 18.0 Å². The van der Waals surface area contributed by atoms with Gasteiger partial charge in [0.1, 0.15) is 0 Å². The summed E-state index contributed by atoms with van der Waals surface area (Å²) in [6.45, 7) is 8.33. The van der Waals surface area contributed by atoms with Gasteiger partial charge in [0.25, 0.3) is 0 Å². The number of benzene rings is 2. The molecule has 1 aromatic heterocycles. The molecule has 1 aliphatic rings. The second-order valence-corrected chi connectivity index (χ2v) is 9.77. The number of alkyl halides is 3. The van der Waals surface area contributed by atoms with E-state index in [2.05, 4.69) is 46.4 Å². The number of aliphatic hydroxyl groups is 1. The topological polar surface area (TPSA) is 79.1 Å². The Balaban J connectivity index is 1.47. The highest BCUT2D eigenvalue weighted by atomic mass is 19.4. The second-order valence-electron chi connectivity index (χ2n) is 9.77. The van der Waals surface area contributed by atoms with E-state index in [-0.39, 0.29) is 12.1 Å². The molecule has 0 atom stereocenters. The maximum absolute atomic E-state index is 12.8. The Labute approximate surface area is 196 Å². The van der Waals surface area contributed by atoms with Gasteiger partial charge in [0.05, 0.1) is 17.7 Å². The van der Waals surface area contributed by atoms with Crippen molar-refractivity contribution in [1.29, 1.82) is 0 Å². The molecule has 182 valence electrons. The number of rotatable bonds is 5. The molecule has 1 saturated heterocycles. The Morgan fingerprint density at radius 1 is 1.00 bits per heavy atom. The van der Waals surface area contributed by atoms with Crippen LogP contribution in [0.1, 0.15) is 39.2 Å². The summed E-state index contributed by atoms with van der Waals surface area (Å²) >= 11 is 0. The van der Waals surface area contributed by atoms with Crippen LogP contribution >= 0.6 is 0 Å². The minimum atomic E-state index is -4.38. The molecule has 7 nitrogen and oxygen atoms in total. The Bertz CT molecular complexity index is 1110. The fraction of sp³-hybridized carbons (Fsp3) is 0.458. The van der Waals surface area contributed by atoms with Gasteiger partial charge in [0.2, 0.25) is 5.82 Å². The molecule has 0 unspecified atom stereocenters. The first-order chi connectivity index (χ1) is 15.9. The van der Waals surface area contributed by atoms with E-state index in [1.54, 1.807) is 6.07 Å². The first-order valence-corrected chi connectivity index (χ1v) is 11.2. The number of anilines is 2. The van der Waals surface area contributed by atoms with Crippen molar-refractivity contribution < 1.29 is 18.3 Å². The predicted molar refractivity (Wildman–Crippen MR) is 123 cm³/mol. The van der Waals surface area contributed by atoms with Crippen LogP contribution in [0.25, 0.3) is 11.4 Å². The van der Waals surface area contributed by atoms with E-state index in [1.165, 1.54) is 16.9 Å². The summed E-state index contributed by atoms with van der Waals surface area (Å²) in [5.74, 6) is 0.366. The number of hydrogen-bond donors (Lipinski definition) is 2. The van der Waals surface area contributed by atoms with Crippen LogP contribution in [0.2, 0.25) is 0 Å². The molecule has 0 saturated carbocycles. The Morgan fingerprint density at radius 3 is 2.26 bits per heavy atom. The molecule has 0 amide bonds. The van der Waals surface area contributed by atoms with Gasteiger partial charge in [-0.3, -0.25) is 4.90 Å². The Morgan fingerprint density at radius 2 is 1.65 bits per heavy atom. The molecule has 2 heterocycles. The van der Waals surface area contributed by atoms with E-state index in [1.807, 2.05) is 18.2 Å². The standard InChI is InChI=1S/C24H29F3N6O/c1-22(2,3)32-14-12-23(34,13-15-32)16-33-30-21(29-31-33)19-6-4-5-7-20(19)28-18-10-8-17(9-11-18)24(25,26)27/h4-11,28,34H,12-16H2,1-3H3. The van der Waals surface area contributed by atoms with E-state index in [9.17, 15) is 18.3 Å². The molecule has 0 aliphatic carbocycles. The molecular weight excluding hydrogens is 445 g/mol. The van der Waals surface area contributed by atoms with Crippen molar-refractivity contribution in [2.24, 2.45) is 0 Å². The maximum atomic E-state index is 12.8. The van der Waals surface area contributed by atoms with E-state index in [0.717, 1.165) is 25.2 Å². The average Bonchev–Trinajstić information content (AvgIpc) is 3.21. The number of piperidine rings is 1. The molecule has 34 heavy (non-hydrogen) atoms. The van der Waals surface area contributed by atoms with Gasteiger partial charge >= 0.3 is 6.18 Å². The number of tetrazole rings is 1. The highest BCUT2D eigenvalue weighted by Gasteiger charge is 2.36. The lowest BCUT2D eigenvalue weighted by Crippen LogP contribution is -2.52. The molecule has 1 aliphatic heterocycles. The minimum Gasteiger partial charge on any atom is -0.388 e. The quantitative estimate of drug-likeness (QED) is 0.557. The third kappa shape index (κ3) is 5.56. The van der Waals surface area contributed by atoms with Crippen LogP contribution in [0.4, 0.5) is 24.5 Å². The Hall–Kier alpha value is -2.98.